The zero-order valence-electron chi connectivity index (χ0n) is 9.06. The van der Waals surface area contributed by atoms with Gasteiger partial charge in [-0.2, -0.15) is 0 Å². The maximum Gasteiger partial charge on any atom is 0.305 e. The van der Waals surface area contributed by atoms with Crippen molar-refractivity contribution >= 4 is 17.8 Å². The van der Waals surface area contributed by atoms with Crippen LogP contribution in [0.25, 0.3) is 0 Å². The first-order valence-electron chi connectivity index (χ1n) is 4.88. The highest BCUT2D eigenvalue weighted by Crippen LogP contribution is 1.88. The van der Waals surface area contributed by atoms with E-state index in [0.29, 0.717) is 0 Å². The van der Waals surface area contributed by atoms with Crippen LogP contribution in [-0.4, -0.2) is 42.1 Å². The average molecular weight is 232 g/mol. The second-order valence-corrected chi connectivity index (χ2v) is 3.07. The number of amides is 1. The van der Waals surface area contributed by atoms with Gasteiger partial charge in [0.05, 0.1) is 19.0 Å². The second-order valence-electron chi connectivity index (χ2n) is 3.07. The van der Waals surface area contributed by atoms with Gasteiger partial charge in [0.2, 0.25) is 5.91 Å². The molecule has 7 nitrogen and oxygen atoms in total. The molecule has 0 aromatic rings. The summed E-state index contributed by atoms with van der Waals surface area (Å²) in [6, 6.07) is -1.08. The van der Waals surface area contributed by atoms with E-state index in [1.165, 1.54) is 0 Å². The summed E-state index contributed by atoms with van der Waals surface area (Å²) in [5, 5.41) is 10.7. The Labute approximate surface area is 92.9 Å². The average Bonchev–Trinajstić information content (AvgIpc) is 2.22. The smallest absolute Gasteiger partial charge is 0.305 e. The van der Waals surface area contributed by atoms with Gasteiger partial charge in [-0.3, -0.25) is 14.4 Å². The lowest BCUT2D eigenvalue weighted by atomic mass is 10.2. The maximum absolute atomic E-state index is 11.2. The zero-order valence-corrected chi connectivity index (χ0v) is 9.06. The van der Waals surface area contributed by atoms with Crippen LogP contribution in [0.5, 0.6) is 0 Å². The molecule has 1 unspecified atom stereocenters. The summed E-state index contributed by atoms with van der Waals surface area (Å²) < 4.78 is 4.69. The molecule has 0 bridgehead atoms. The van der Waals surface area contributed by atoms with E-state index in [-0.39, 0.29) is 25.5 Å². The highest BCUT2D eigenvalue weighted by Gasteiger charge is 2.16. The van der Waals surface area contributed by atoms with Gasteiger partial charge < -0.3 is 20.9 Å². The third-order valence-corrected chi connectivity index (χ3v) is 1.68. The molecule has 0 aliphatic carbocycles. The van der Waals surface area contributed by atoms with E-state index in [4.69, 9.17) is 15.6 Å². The molecular weight excluding hydrogens is 216 g/mol. The largest absolute Gasteiger partial charge is 0.481 e. The molecule has 0 saturated carbocycles. The number of hydrogen-bond acceptors (Lipinski definition) is 5. The first-order valence-corrected chi connectivity index (χ1v) is 4.88. The number of carbonyl (C=O) groups is 3. The SMILES string of the molecule is CCC(=O)OCCNC(=O)C(N)CC(=O)O. The predicted octanol–water partition coefficient (Wildman–Crippen LogP) is -1.14. The monoisotopic (exact) mass is 232 g/mol. The fraction of sp³-hybridized carbons (Fsp3) is 0.667. The number of rotatable bonds is 7. The number of nitrogens with two attached hydrogens (primary N) is 1. The van der Waals surface area contributed by atoms with Crippen LogP contribution >= 0.6 is 0 Å². The summed E-state index contributed by atoms with van der Waals surface area (Å²) in [5.74, 6) is -2.07. The van der Waals surface area contributed by atoms with Crippen molar-refractivity contribution in [3.8, 4) is 0 Å². The Morgan fingerprint density at radius 2 is 2.06 bits per heavy atom. The summed E-state index contributed by atoms with van der Waals surface area (Å²) in [4.78, 5) is 32.1. The topological polar surface area (TPSA) is 119 Å². The Morgan fingerprint density at radius 1 is 1.44 bits per heavy atom. The van der Waals surface area contributed by atoms with E-state index in [0.717, 1.165) is 0 Å². The molecule has 0 saturated heterocycles. The fourth-order valence-electron chi connectivity index (χ4n) is 0.853. The van der Waals surface area contributed by atoms with Crippen molar-refractivity contribution in [3.05, 3.63) is 0 Å². The van der Waals surface area contributed by atoms with Crippen molar-refractivity contribution in [1.29, 1.82) is 0 Å². The molecule has 7 heteroatoms. The maximum atomic E-state index is 11.2. The number of carboxylic acids is 1. The number of hydrogen-bond donors (Lipinski definition) is 3. The molecule has 16 heavy (non-hydrogen) atoms. The lowest BCUT2D eigenvalue weighted by Crippen LogP contribution is -2.43. The quantitative estimate of drug-likeness (QED) is 0.377. The molecular formula is C9H16N2O5. The van der Waals surface area contributed by atoms with Gasteiger partial charge >= 0.3 is 11.9 Å². The molecule has 0 spiro atoms. The highest BCUT2D eigenvalue weighted by atomic mass is 16.5. The lowest BCUT2D eigenvalue weighted by molar-refractivity contribution is -0.143. The van der Waals surface area contributed by atoms with Gasteiger partial charge in [-0.15, -0.1) is 0 Å². The Hall–Kier alpha value is -1.63. The van der Waals surface area contributed by atoms with E-state index in [1.54, 1.807) is 6.92 Å². The summed E-state index contributed by atoms with van der Waals surface area (Å²) in [6.07, 6.45) is -0.160. The van der Waals surface area contributed by atoms with E-state index in [1.807, 2.05) is 0 Å². The van der Waals surface area contributed by atoms with Crippen LogP contribution in [0.4, 0.5) is 0 Å². The van der Waals surface area contributed by atoms with Gasteiger partial charge in [-0.25, -0.2) is 0 Å². The van der Waals surface area contributed by atoms with Crippen LogP contribution in [0.3, 0.4) is 0 Å². The van der Waals surface area contributed by atoms with Crippen LogP contribution in [0.1, 0.15) is 19.8 Å². The minimum absolute atomic E-state index is 0.0538. The van der Waals surface area contributed by atoms with Gasteiger partial charge in [-0.05, 0) is 0 Å². The van der Waals surface area contributed by atoms with Crippen molar-refractivity contribution in [1.82, 2.24) is 5.32 Å². The summed E-state index contributed by atoms with van der Waals surface area (Å²) in [6.45, 7) is 1.83. The number of carboxylic acid groups (broad SMARTS) is 1. The van der Waals surface area contributed by atoms with Gasteiger partial charge in [0.1, 0.15) is 6.61 Å². The molecule has 92 valence electrons. The molecule has 4 N–H and O–H groups in total. The van der Waals surface area contributed by atoms with Crippen molar-refractivity contribution in [3.63, 3.8) is 0 Å². The van der Waals surface area contributed by atoms with Crippen LogP contribution < -0.4 is 11.1 Å². The minimum atomic E-state index is -1.14. The van der Waals surface area contributed by atoms with E-state index in [9.17, 15) is 14.4 Å². The molecule has 1 amide bonds. The summed E-state index contributed by atoms with van der Waals surface area (Å²) >= 11 is 0. The second kappa shape index (κ2) is 7.63. The predicted molar refractivity (Wildman–Crippen MR) is 54.5 cm³/mol. The van der Waals surface area contributed by atoms with E-state index in [2.05, 4.69) is 5.32 Å². The zero-order chi connectivity index (χ0) is 12.6. The van der Waals surface area contributed by atoms with Crippen molar-refractivity contribution in [2.75, 3.05) is 13.2 Å². The lowest BCUT2D eigenvalue weighted by Gasteiger charge is -2.10. The Bertz CT molecular complexity index is 267. The third kappa shape index (κ3) is 6.77. The van der Waals surface area contributed by atoms with Gasteiger partial charge in [0, 0.05) is 6.42 Å². The van der Waals surface area contributed by atoms with Crippen molar-refractivity contribution in [2.45, 2.75) is 25.8 Å². The van der Waals surface area contributed by atoms with Crippen LogP contribution in [0.15, 0.2) is 0 Å². The number of carbonyl (C=O) groups excluding carboxylic acids is 2. The molecule has 0 aromatic carbocycles. The van der Waals surface area contributed by atoms with Gasteiger partial charge in [0.15, 0.2) is 0 Å². The van der Waals surface area contributed by atoms with Crippen LogP contribution in [0.2, 0.25) is 0 Å². The number of aliphatic carboxylic acids is 1. The third-order valence-electron chi connectivity index (χ3n) is 1.68. The van der Waals surface area contributed by atoms with Crippen molar-refractivity contribution < 1.29 is 24.2 Å². The molecule has 0 aliphatic heterocycles. The number of nitrogens with one attached hydrogen (secondary N) is 1. The van der Waals surface area contributed by atoms with Crippen LogP contribution in [0, 0.1) is 0 Å². The number of esters is 1. The summed E-state index contributed by atoms with van der Waals surface area (Å²) in [5.41, 5.74) is 5.29. The minimum Gasteiger partial charge on any atom is -0.481 e. The normalized spacial score (nSPS) is 11.6. The van der Waals surface area contributed by atoms with Gasteiger partial charge in [0.25, 0.3) is 0 Å². The Morgan fingerprint density at radius 3 is 2.56 bits per heavy atom. The Kier molecular flexibility index (Phi) is 6.86. The molecule has 0 fully saturated rings. The summed E-state index contributed by atoms with van der Waals surface area (Å²) in [7, 11) is 0. The molecule has 0 rings (SSSR count). The van der Waals surface area contributed by atoms with Gasteiger partial charge in [-0.1, -0.05) is 6.92 Å². The molecule has 0 radical (unpaired) electrons. The van der Waals surface area contributed by atoms with E-state index < -0.39 is 24.3 Å². The standard InChI is InChI=1S/C9H16N2O5/c1-2-8(14)16-4-3-11-9(15)6(10)5-7(12)13/h6H,2-5,10H2,1H3,(H,11,15)(H,12,13). The molecule has 0 aromatic heterocycles. The fourth-order valence-corrected chi connectivity index (χ4v) is 0.853. The van der Waals surface area contributed by atoms with E-state index >= 15 is 0 Å². The first-order chi connectivity index (χ1) is 7.47. The first kappa shape index (κ1) is 14.4. The molecule has 0 heterocycles. The number of ether oxygens (including phenoxy) is 1. The Balaban J connectivity index is 3.65. The highest BCUT2D eigenvalue weighted by molar-refractivity contribution is 5.85. The van der Waals surface area contributed by atoms with Crippen molar-refractivity contribution in [2.24, 2.45) is 5.73 Å². The molecule has 1 atom stereocenters. The molecule has 0 aliphatic rings. The van der Waals surface area contributed by atoms with Crippen LogP contribution in [-0.2, 0) is 19.1 Å².